The standard InChI is InChI=1S/C26H26ClN5O/c27-23-10-3-1-8-19(23)21(22-15-30-24-11-4-2-9-20(22)24)16-31-25(33)18-7-5-14-32(17-18)26-28-12-6-13-29-26/h1-4,6,8-13,15,18,21,30H,5,7,14,16-17H2,(H,31,33). The summed E-state index contributed by atoms with van der Waals surface area (Å²) in [5, 5.41) is 5.07. The van der Waals surface area contributed by atoms with Crippen LogP contribution in [0.3, 0.4) is 0 Å². The number of H-pyrrole nitrogens is 1. The topological polar surface area (TPSA) is 73.9 Å². The number of aromatic amines is 1. The lowest BCUT2D eigenvalue weighted by Gasteiger charge is -2.32. The quantitative estimate of drug-likeness (QED) is 0.435. The Balaban J connectivity index is 1.35. The number of hydrogen-bond acceptors (Lipinski definition) is 4. The second-order valence-corrected chi connectivity index (χ2v) is 8.85. The van der Waals surface area contributed by atoms with Crippen molar-refractivity contribution in [3.05, 3.63) is 89.3 Å². The first-order valence-corrected chi connectivity index (χ1v) is 11.7. The first-order chi connectivity index (χ1) is 16.2. The molecule has 4 aromatic rings. The number of para-hydroxylation sites is 1. The molecule has 1 amide bonds. The van der Waals surface area contributed by atoms with E-state index in [4.69, 9.17) is 11.6 Å². The zero-order valence-corrected chi connectivity index (χ0v) is 19.0. The fraction of sp³-hybridized carbons (Fsp3) is 0.269. The Morgan fingerprint density at radius 1 is 1.09 bits per heavy atom. The Morgan fingerprint density at radius 2 is 1.88 bits per heavy atom. The van der Waals surface area contributed by atoms with Crippen molar-refractivity contribution in [3.8, 4) is 0 Å². The molecule has 0 spiro atoms. The fourth-order valence-electron chi connectivity index (χ4n) is 4.70. The lowest BCUT2D eigenvalue weighted by molar-refractivity contribution is -0.125. The average Bonchev–Trinajstić information content (AvgIpc) is 3.30. The van der Waals surface area contributed by atoms with Gasteiger partial charge >= 0.3 is 0 Å². The SMILES string of the molecule is O=C(NCC(c1ccccc1Cl)c1c[nH]c2ccccc12)C1CCCN(c2ncccn2)C1. The molecular weight excluding hydrogens is 434 g/mol. The van der Waals surface area contributed by atoms with Gasteiger partial charge in [0.15, 0.2) is 0 Å². The van der Waals surface area contributed by atoms with Gasteiger partial charge in [-0.15, -0.1) is 0 Å². The number of amides is 1. The van der Waals surface area contributed by atoms with Crippen LogP contribution in [0.15, 0.2) is 73.2 Å². The molecule has 3 heterocycles. The molecular formula is C26H26ClN5O. The van der Waals surface area contributed by atoms with E-state index in [0.29, 0.717) is 24.1 Å². The van der Waals surface area contributed by atoms with Gasteiger partial charge in [-0.3, -0.25) is 4.79 Å². The number of aromatic nitrogens is 3. The second-order valence-electron chi connectivity index (χ2n) is 8.44. The number of carbonyl (C=O) groups excluding carboxylic acids is 1. The molecule has 1 saturated heterocycles. The zero-order chi connectivity index (χ0) is 22.6. The van der Waals surface area contributed by atoms with Gasteiger partial charge in [0, 0.05) is 60.1 Å². The van der Waals surface area contributed by atoms with E-state index in [1.54, 1.807) is 18.5 Å². The van der Waals surface area contributed by atoms with Crippen LogP contribution in [-0.2, 0) is 4.79 Å². The van der Waals surface area contributed by atoms with E-state index in [2.05, 4.69) is 37.3 Å². The van der Waals surface area contributed by atoms with E-state index < -0.39 is 0 Å². The number of benzene rings is 2. The number of carbonyl (C=O) groups is 1. The van der Waals surface area contributed by atoms with Crippen LogP contribution in [-0.4, -0.2) is 40.5 Å². The molecule has 1 aliphatic rings. The highest BCUT2D eigenvalue weighted by atomic mass is 35.5. The molecule has 2 aromatic carbocycles. The molecule has 2 unspecified atom stereocenters. The molecule has 168 valence electrons. The van der Waals surface area contributed by atoms with Crippen molar-refractivity contribution in [1.82, 2.24) is 20.3 Å². The number of nitrogens with zero attached hydrogens (tertiary/aromatic N) is 3. The highest BCUT2D eigenvalue weighted by Crippen LogP contribution is 2.34. The molecule has 6 nitrogen and oxygen atoms in total. The first kappa shape index (κ1) is 21.5. The van der Waals surface area contributed by atoms with Gasteiger partial charge in [0.1, 0.15) is 0 Å². The van der Waals surface area contributed by atoms with E-state index in [-0.39, 0.29) is 17.7 Å². The summed E-state index contributed by atoms with van der Waals surface area (Å²) in [5.74, 6) is 0.587. The van der Waals surface area contributed by atoms with Gasteiger partial charge < -0.3 is 15.2 Å². The number of hydrogen-bond donors (Lipinski definition) is 2. The monoisotopic (exact) mass is 459 g/mol. The Morgan fingerprint density at radius 3 is 2.73 bits per heavy atom. The van der Waals surface area contributed by atoms with Crippen molar-refractivity contribution in [1.29, 1.82) is 0 Å². The summed E-state index contributed by atoms with van der Waals surface area (Å²) in [6.07, 6.45) is 7.30. The van der Waals surface area contributed by atoms with Crippen molar-refractivity contribution < 1.29 is 4.79 Å². The molecule has 1 fully saturated rings. The van der Waals surface area contributed by atoms with Gasteiger partial charge in [-0.05, 0) is 42.2 Å². The summed E-state index contributed by atoms with van der Waals surface area (Å²) in [6.45, 7) is 1.97. The highest BCUT2D eigenvalue weighted by molar-refractivity contribution is 6.31. The molecule has 5 rings (SSSR count). The third-order valence-electron chi connectivity index (χ3n) is 6.38. The second kappa shape index (κ2) is 9.63. The lowest BCUT2D eigenvalue weighted by atomic mass is 9.90. The Bertz CT molecular complexity index is 1240. The van der Waals surface area contributed by atoms with Crippen molar-refractivity contribution >= 4 is 34.4 Å². The average molecular weight is 460 g/mol. The van der Waals surface area contributed by atoms with E-state index >= 15 is 0 Å². The largest absolute Gasteiger partial charge is 0.361 e. The fourth-order valence-corrected chi connectivity index (χ4v) is 4.97. The van der Waals surface area contributed by atoms with Crippen LogP contribution in [0.5, 0.6) is 0 Å². The smallest absolute Gasteiger partial charge is 0.225 e. The van der Waals surface area contributed by atoms with Gasteiger partial charge in [-0.2, -0.15) is 0 Å². The van der Waals surface area contributed by atoms with Gasteiger partial charge in [-0.25, -0.2) is 9.97 Å². The molecule has 33 heavy (non-hydrogen) atoms. The van der Waals surface area contributed by atoms with E-state index in [1.807, 2.05) is 42.6 Å². The molecule has 7 heteroatoms. The van der Waals surface area contributed by atoms with Crippen LogP contribution in [0, 0.1) is 5.92 Å². The molecule has 2 aromatic heterocycles. The van der Waals surface area contributed by atoms with Crippen LogP contribution in [0.2, 0.25) is 5.02 Å². The minimum atomic E-state index is -0.0996. The molecule has 0 bridgehead atoms. The maximum atomic E-state index is 13.2. The van der Waals surface area contributed by atoms with Crippen LogP contribution in [0.1, 0.15) is 29.9 Å². The van der Waals surface area contributed by atoms with Gasteiger partial charge in [0.2, 0.25) is 11.9 Å². The molecule has 0 aliphatic carbocycles. The minimum Gasteiger partial charge on any atom is -0.361 e. The number of rotatable bonds is 6. The third kappa shape index (κ3) is 4.57. The molecule has 2 N–H and O–H groups in total. The maximum absolute atomic E-state index is 13.2. The summed E-state index contributed by atoms with van der Waals surface area (Å²) in [4.78, 5) is 27.4. The molecule has 0 saturated carbocycles. The predicted octanol–water partition coefficient (Wildman–Crippen LogP) is 4.78. The van der Waals surface area contributed by atoms with E-state index in [9.17, 15) is 4.79 Å². The van der Waals surface area contributed by atoms with Crippen LogP contribution >= 0.6 is 11.6 Å². The van der Waals surface area contributed by atoms with Crippen molar-refractivity contribution in [2.75, 3.05) is 24.5 Å². The summed E-state index contributed by atoms with van der Waals surface area (Å²) >= 11 is 6.59. The van der Waals surface area contributed by atoms with E-state index in [0.717, 1.165) is 41.4 Å². The number of halogens is 1. The van der Waals surface area contributed by atoms with E-state index in [1.165, 1.54) is 0 Å². The van der Waals surface area contributed by atoms with Gasteiger partial charge in [0.25, 0.3) is 0 Å². The summed E-state index contributed by atoms with van der Waals surface area (Å²) in [6, 6.07) is 17.9. The number of anilines is 1. The molecule has 1 aliphatic heterocycles. The summed E-state index contributed by atoms with van der Waals surface area (Å²) < 4.78 is 0. The lowest BCUT2D eigenvalue weighted by Crippen LogP contribution is -2.44. The van der Waals surface area contributed by atoms with Crippen molar-refractivity contribution in [2.45, 2.75) is 18.8 Å². The minimum absolute atomic E-state index is 0.0593. The van der Waals surface area contributed by atoms with Crippen LogP contribution in [0.25, 0.3) is 10.9 Å². The van der Waals surface area contributed by atoms with Gasteiger partial charge in [-0.1, -0.05) is 48.0 Å². The van der Waals surface area contributed by atoms with Gasteiger partial charge in [0.05, 0.1) is 5.92 Å². The summed E-state index contributed by atoms with van der Waals surface area (Å²) in [7, 11) is 0. The normalized spacial score (nSPS) is 17.1. The Kier molecular flexibility index (Phi) is 6.26. The number of fused-ring (bicyclic) bond motifs is 1. The zero-order valence-electron chi connectivity index (χ0n) is 18.2. The molecule has 0 radical (unpaired) electrons. The summed E-state index contributed by atoms with van der Waals surface area (Å²) in [5.41, 5.74) is 3.20. The number of nitrogens with one attached hydrogen (secondary N) is 2. The van der Waals surface area contributed by atoms with Crippen molar-refractivity contribution in [3.63, 3.8) is 0 Å². The molecule has 2 atom stereocenters. The highest BCUT2D eigenvalue weighted by Gasteiger charge is 2.28. The van der Waals surface area contributed by atoms with Crippen LogP contribution in [0.4, 0.5) is 5.95 Å². The Labute approximate surface area is 198 Å². The van der Waals surface area contributed by atoms with Crippen LogP contribution < -0.4 is 10.2 Å². The first-order valence-electron chi connectivity index (χ1n) is 11.3. The predicted molar refractivity (Wildman–Crippen MR) is 132 cm³/mol. The third-order valence-corrected chi connectivity index (χ3v) is 6.73. The maximum Gasteiger partial charge on any atom is 0.225 e. The number of piperidine rings is 1. The van der Waals surface area contributed by atoms with Crippen molar-refractivity contribution in [2.24, 2.45) is 5.92 Å². The Hall–Kier alpha value is -3.38.